The summed E-state index contributed by atoms with van der Waals surface area (Å²) in [5.41, 5.74) is 1.56. The van der Waals surface area contributed by atoms with E-state index in [1.807, 2.05) is 11.0 Å². The van der Waals surface area contributed by atoms with Gasteiger partial charge in [-0.1, -0.05) is 6.92 Å². The van der Waals surface area contributed by atoms with Crippen LogP contribution in [0.5, 0.6) is 0 Å². The van der Waals surface area contributed by atoms with E-state index in [4.69, 9.17) is 9.47 Å². The van der Waals surface area contributed by atoms with Crippen LogP contribution in [-0.2, 0) is 24.3 Å². The molecule has 4 rings (SSSR count). The number of likely N-dealkylation sites (tertiary alicyclic amines) is 1. The molecule has 3 saturated heterocycles. The van der Waals surface area contributed by atoms with Gasteiger partial charge < -0.3 is 24.6 Å². The third kappa shape index (κ3) is 5.36. The van der Waals surface area contributed by atoms with Crippen molar-refractivity contribution in [3.63, 3.8) is 0 Å². The summed E-state index contributed by atoms with van der Waals surface area (Å²) in [6, 6.07) is 5.17. The van der Waals surface area contributed by atoms with Gasteiger partial charge in [0, 0.05) is 39.3 Å². The van der Waals surface area contributed by atoms with Crippen molar-refractivity contribution in [3.8, 4) is 0 Å². The molecule has 1 N–H and O–H groups in total. The molecule has 1 unspecified atom stereocenters. The van der Waals surface area contributed by atoms with Crippen molar-refractivity contribution in [2.45, 2.75) is 24.7 Å². The Bertz CT molecular complexity index is 898. The largest absolute Gasteiger partial charge is 0.379 e. The molecule has 3 aliphatic rings. The normalized spacial score (nSPS) is 23.2. The van der Waals surface area contributed by atoms with Gasteiger partial charge in [-0.3, -0.25) is 4.79 Å². The van der Waals surface area contributed by atoms with Crippen LogP contribution < -0.4 is 10.2 Å². The highest BCUT2D eigenvalue weighted by molar-refractivity contribution is 7.89. The molecule has 3 fully saturated rings. The number of carbonyl (C=O) groups is 1. The quantitative estimate of drug-likeness (QED) is 0.674. The van der Waals surface area contributed by atoms with Crippen molar-refractivity contribution < 1.29 is 22.7 Å². The van der Waals surface area contributed by atoms with Gasteiger partial charge in [0.15, 0.2) is 0 Å². The topological polar surface area (TPSA) is 91.4 Å². The van der Waals surface area contributed by atoms with Crippen molar-refractivity contribution in [1.29, 1.82) is 0 Å². The standard InChI is InChI=1S/C22H34N4O5S/c1-18-3-2-6-25(17-18)22(27)16-23-20-15-19(32(28,29)26-9-13-31-14-10-26)4-5-21(20)24-7-11-30-12-8-24/h4-5,15,18,23H,2-3,6-14,16-17H2,1H3. The fourth-order valence-corrected chi connectivity index (χ4v) is 5.97. The molecule has 1 aromatic carbocycles. The molecule has 32 heavy (non-hydrogen) atoms. The summed E-state index contributed by atoms with van der Waals surface area (Å²) in [5.74, 6) is 0.560. The van der Waals surface area contributed by atoms with E-state index in [1.54, 1.807) is 12.1 Å². The smallest absolute Gasteiger partial charge is 0.243 e. The van der Waals surface area contributed by atoms with Crippen LogP contribution in [0.1, 0.15) is 19.8 Å². The maximum atomic E-state index is 13.2. The number of ether oxygens (including phenoxy) is 2. The van der Waals surface area contributed by atoms with Crippen LogP contribution in [0.4, 0.5) is 11.4 Å². The van der Waals surface area contributed by atoms with Crippen LogP contribution in [0.25, 0.3) is 0 Å². The number of carbonyl (C=O) groups excluding carboxylic acids is 1. The summed E-state index contributed by atoms with van der Waals surface area (Å²) >= 11 is 0. The second-order valence-electron chi connectivity index (χ2n) is 8.74. The second-order valence-corrected chi connectivity index (χ2v) is 10.7. The number of nitrogens with one attached hydrogen (secondary N) is 1. The molecule has 0 aliphatic carbocycles. The van der Waals surface area contributed by atoms with E-state index in [9.17, 15) is 13.2 Å². The molecule has 3 heterocycles. The fourth-order valence-electron chi connectivity index (χ4n) is 4.53. The first-order valence-corrected chi connectivity index (χ1v) is 13.0. The van der Waals surface area contributed by atoms with Gasteiger partial charge in [-0.05, 0) is 37.0 Å². The summed E-state index contributed by atoms with van der Waals surface area (Å²) in [7, 11) is -3.62. The lowest BCUT2D eigenvalue weighted by atomic mass is 10.0. The zero-order chi connectivity index (χ0) is 22.6. The number of morpholine rings is 2. The predicted molar refractivity (Wildman–Crippen MR) is 123 cm³/mol. The summed E-state index contributed by atoms with van der Waals surface area (Å²) in [6.45, 7) is 8.07. The minimum atomic E-state index is -3.62. The first-order valence-electron chi connectivity index (χ1n) is 11.5. The van der Waals surface area contributed by atoms with Crippen LogP contribution >= 0.6 is 0 Å². The SMILES string of the molecule is CC1CCCN(C(=O)CNc2cc(S(=O)(=O)N3CCOCC3)ccc2N2CCOCC2)C1. The van der Waals surface area contributed by atoms with Gasteiger partial charge in [-0.15, -0.1) is 0 Å². The number of hydrogen-bond acceptors (Lipinski definition) is 7. The molecule has 10 heteroatoms. The van der Waals surface area contributed by atoms with E-state index in [0.29, 0.717) is 51.1 Å². The van der Waals surface area contributed by atoms with E-state index < -0.39 is 10.0 Å². The summed E-state index contributed by atoms with van der Waals surface area (Å²) in [6.07, 6.45) is 2.18. The van der Waals surface area contributed by atoms with E-state index in [2.05, 4.69) is 17.1 Å². The van der Waals surface area contributed by atoms with Gasteiger partial charge in [0.25, 0.3) is 0 Å². The van der Waals surface area contributed by atoms with Crippen molar-refractivity contribution in [2.24, 2.45) is 5.92 Å². The number of nitrogens with zero attached hydrogens (tertiary/aromatic N) is 3. The molecule has 1 aromatic rings. The predicted octanol–water partition coefficient (Wildman–Crippen LogP) is 1.21. The Kier molecular flexibility index (Phi) is 7.55. The molecular weight excluding hydrogens is 432 g/mol. The molecule has 1 amide bonds. The molecule has 0 saturated carbocycles. The summed E-state index contributed by atoms with van der Waals surface area (Å²) in [4.78, 5) is 17.1. The number of hydrogen-bond donors (Lipinski definition) is 1. The van der Waals surface area contributed by atoms with Gasteiger partial charge in [0.2, 0.25) is 15.9 Å². The molecule has 0 radical (unpaired) electrons. The van der Waals surface area contributed by atoms with Crippen molar-refractivity contribution in [3.05, 3.63) is 18.2 Å². The Morgan fingerprint density at radius 2 is 1.75 bits per heavy atom. The maximum Gasteiger partial charge on any atom is 0.243 e. The third-order valence-corrected chi connectivity index (χ3v) is 8.26. The van der Waals surface area contributed by atoms with Crippen LogP contribution in [-0.4, -0.2) is 95.8 Å². The third-order valence-electron chi connectivity index (χ3n) is 6.37. The van der Waals surface area contributed by atoms with E-state index >= 15 is 0 Å². The second kappa shape index (κ2) is 10.4. The Morgan fingerprint density at radius 1 is 1.06 bits per heavy atom. The van der Waals surface area contributed by atoms with Gasteiger partial charge in [0.05, 0.1) is 49.2 Å². The van der Waals surface area contributed by atoms with E-state index in [-0.39, 0.29) is 17.3 Å². The number of sulfonamides is 1. The Hall–Kier alpha value is -1.88. The average Bonchev–Trinajstić information content (AvgIpc) is 2.83. The molecular formula is C22H34N4O5S. The van der Waals surface area contributed by atoms with Crippen LogP contribution in [0.15, 0.2) is 23.1 Å². The van der Waals surface area contributed by atoms with Crippen molar-refractivity contribution in [2.75, 3.05) is 82.5 Å². The minimum absolute atomic E-state index is 0.0471. The summed E-state index contributed by atoms with van der Waals surface area (Å²) < 4.78 is 38.6. The van der Waals surface area contributed by atoms with Crippen LogP contribution in [0.3, 0.4) is 0 Å². The molecule has 0 spiro atoms. The molecule has 1 atom stereocenters. The highest BCUT2D eigenvalue weighted by atomic mass is 32.2. The number of piperidine rings is 1. The zero-order valence-electron chi connectivity index (χ0n) is 18.8. The fraction of sp³-hybridized carbons (Fsp3) is 0.682. The average molecular weight is 467 g/mol. The molecule has 3 aliphatic heterocycles. The van der Waals surface area contributed by atoms with E-state index in [0.717, 1.165) is 44.7 Å². The number of benzene rings is 1. The minimum Gasteiger partial charge on any atom is -0.379 e. The highest BCUT2D eigenvalue weighted by Gasteiger charge is 2.28. The van der Waals surface area contributed by atoms with Crippen LogP contribution in [0.2, 0.25) is 0 Å². The monoisotopic (exact) mass is 466 g/mol. The van der Waals surface area contributed by atoms with Crippen molar-refractivity contribution in [1.82, 2.24) is 9.21 Å². The Morgan fingerprint density at radius 3 is 2.44 bits per heavy atom. The molecule has 0 bridgehead atoms. The first-order chi connectivity index (χ1) is 15.4. The maximum absolute atomic E-state index is 13.2. The van der Waals surface area contributed by atoms with Gasteiger partial charge >= 0.3 is 0 Å². The molecule has 9 nitrogen and oxygen atoms in total. The van der Waals surface area contributed by atoms with Gasteiger partial charge in [-0.2, -0.15) is 4.31 Å². The van der Waals surface area contributed by atoms with Crippen molar-refractivity contribution >= 4 is 27.3 Å². The Balaban J connectivity index is 1.55. The molecule has 178 valence electrons. The summed E-state index contributed by atoms with van der Waals surface area (Å²) in [5, 5.41) is 3.26. The lowest BCUT2D eigenvalue weighted by Crippen LogP contribution is -2.42. The molecule has 0 aromatic heterocycles. The highest BCUT2D eigenvalue weighted by Crippen LogP contribution is 2.31. The van der Waals surface area contributed by atoms with E-state index in [1.165, 1.54) is 4.31 Å². The first kappa shape index (κ1) is 23.3. The van der Waals surface area contributed by atoms with Gasteiger partial charge in [0.1, 0.15) is 0 Å². The number of amides is 1. The number of rotatable bonds is 6. The number of anilines is 2. The lowest BCUT2D eigenvalue weighted by Gasteiger charge is -2.33. The Labute approximate surface area is 190 Å². The lowest BCUT2D eigenvalue weighted by molar-refractivity contribution is -0.130. The van der Waals surface area contributed by atoms with Gasteiger partial charge in [-0.25, -0.2) is 8.42 Å². The zero-order valence-corrected chi connectivity index (χ0v) is 19.6. The van der Waals surface area contributed by atoms with Crippen LogP contribution in [0, 0.1) is 5.92 Å².